The van der Waals surface area contributed by atoms with Crippen molar-refractivity contribution in [3.63, 3.8) is 0 Å². The van der Waals surface area contributed by atoms with Crippen LogP contribution in [0.25, 0.3) is 11.4 Å². The van der Waals surface area contributed by atoms with Crippen molar-refractivity contribution in [1.29, 1.82) is 0 Å². The Morgan fingerprint density at radius 1 is 1.08 bits per heavy atom. The highest BCUT2D eigenvalue weighted by molar-refractivity contribution is 6.30. The van der Waals surface area contributed by atoms with Crippen molar-refractivity contribution in [2.24, 2.45) is 23.7 Å². The summed E-state index contributed by atoms with van der Waals surface area (Å²) in [4.78, 5) is 49.1. The lowest BCUT2D eigenvalue weighted by atomic mass is 9.73. The Bertz CT molecular complexity index is 1930. The number of hydroxylamine groups is 1. The molecule has 4 aliphatic rings. The molecule has 1 aromatic carbocycles. The molecule has 5 heterocycles. The second-order valence-corrected chi connectivity index (χ2v) is 18.4. The molecular formula is C43H63ClN6O11. The number of halogens is 1. The number of ether oxygens (including phenoxy) is 5. The van der Waals surface area contributed by atoms with Gasteiger partial charge in [-0.1, -0.05) is 44.5 Å². The van der Waals surface area contributed by atoms with Gasteiger partial charge in [0.2, 0.25) is 18.4 Å². The average molecular weight is 875 g/mol. The van der Waals surface area contributed by atoms with E-state index >= 15 is 0 Å². The van der Waals surface area contributed by atoms with Gasteiger partial charge in [0.05, 0.1) is 23.7 Å². The van der Waals surface area contributed by atoms with E-state index < -0.39 is 83.4 Å². The fourth-order valence-electron chi connectivity index (χ4n) is 10.1. The van der Waals surface area contributed by atoms with Gasteiger partial charge in [-0.15, -0.1) is 0 Å². The molecule has 3 saturated heterocycles. The second-order valence-electron chi connectivity index (χ2n) is 17.9. The third kappa shape index (κ3) is 9.20. The predicted octanol–water partition coefficient (Wildman–Crippen LogP) is 5.10. The third-order valence-corrected chi connectivity index (χ3v) is 13.6. The van der Waals surface area contributed by atoms with Gasteiger partial charge in [-0.3, -0.25) is 9.59 Å². The Hall–Kier alpha value is -3.71. The summed E-state index contributed by atoms with van der Waals surface area (Å²) < 4.78 is 38.1. The van der Waals surface area contributed by atoms with Crippen molar-refractivity contribution in [1.82, 2.24) is 25.1 Å². The number of methoxy groups -OCH3 is 1. The van der Waals surface area contributed by atoms with Crippen LogP contribution in [0.5, 0.6) is 0 Å². The summed E-state index contributed by atoms with van der Waals surface area (Å²) in [6, 6.07) is 5.98. The monoisotopic (exact) mass is 874 g/mol. The van der Waals surface area contributed by atoms with Crippen LogP contribution in [0.1, 0.15) is 87.0 Å². The van der Waals surface area contributed by atoms with Gasteiger partial charge < -0.3 is 43.4 Å². The summed E-state index contributed by atoms with van der Waals surface area (Å²) in [6.07, 6.45) is -3.43. The number of amides is 1. The lowest BCUT2D eigenvalue weighted by Gasteiger charge is -2.47. The Balaban J connectivity index is 1.37. The molecule has 2 aromatic rings. The largest absolute Gasteiger partial charge is 0.623 e. The number of carbonyl (C=O) groups excluding carboxylic acids is 3. The molecule has 13 atom stereocenters. The number of carbonyl (C=O) groups is 3. The number of fused-ring (bicyclic) bond motifs is 1. The molecule has 1 N–H and O–H groups in total. The summed E-state index contributed by atoms with van der Waals surface area (Å²) in [6.45, 7) is 14.2. The molecule has 3 fully saturated rings. The van der Waals surface area contributed by atoms with Gasteiger partial charge in [-0.2, -0.15) is 14.7 Å². The maximum absolute atomic E-state index is 14.7. The number of hydrogen-bond donors (Lipinski definition) is 1. The van der Waals surface area contributed by atoms with Crippen molar-refractivity contribution in [2.45, 2.75) is 141 Å². The van der Waals surface area contributed by atoms with Crippen molar-refractivity contribution in [2.75, 3.05) is 34.4 Å². The van der Waals surface area contributed by atoms with E-state index in [-0.39, 0.29) is 38.2 Å². The van der Waals surface area contributed by atoms with Gasteiger partial charge >= 0.3 is 12.1 Å². The molecular weight excluding hydrogens is 812 g/mol. The SMILES string of the molecule is CC[C@@H]1OC(=O)[C@H](C)C(=O)[C@H](C)[C@@H](O[C@@H]2O[C@H](C)C[C@H](N(C)C)[C@H]2O)[C@@](C)(OC)C[C@@H](C)C2=[N+]([O-])CN(CCCc3nc(-c4ccc(Cl)cc4)no3)N3C(=O)O[C@@]1(C)[C@H]3[C@@H]2C. The average Bonchev–Trinajstić information content (AvgIpc) is 3.76. The quantitative estimate of drug-likeness (QED) is 0.143. The van der Waals surface area contributed by atoms with E-state index in [4.69, 9.17) is 39.8 Å². The fraction of sp³-hybridized carbons (Fsp3) is 0.721. The zero-order valence-corrected chi connectivity index (χ0v) is 38.0. The summed E-state index contributed by atoms with van der Waals surface area (Å²) in [7, 11) is 5.26. The first-order valence-corrected chi connectivity index (χ1v) is 21.7. The Morgan fingerprint density at radius 2 is 1.77 bits per heavy atom. The van der Waals surface area contributed by atoms with Gasteiger partial charge in [-0.05, 0) is 91.7 Å². The number of aryl methyl sites for hydroxylation is 1. The van der Waals surface area contributed by atoms with Gasteiger partial charge in [0.25, 0.3) is 0 Å². The minimum atomic E-state index is -1.43. The van der Waals surface area contributed by atoms with E-state index in [1.54, 1.807) is 50.0 Å². The van der Waals surface area contributed by atoms with Crippen LogP contribution >= 0.6 is 11.6 Å². The first-order valence-electron chi connectivity index (χ1n) is 21.4. The van der Waals surface area contributed by atoms with Crippen molar-refractivity contribution in [3.05, 3.63) is 40.4 Å². The van der Waals surface area contributed by atoms with Crippen LogP contribution in [0, 0.1) is 28.9 Å². The van der Waals surface area contributed by atoms with Crippen LogP contribution in [0.15, 0.2) is 28.8 Å². The van der Waals surface area contributed by atoms with Crippen LogP contribution in [-0.4, -0.2) is 147 Å². The molecule has 0 saturated carbocycles. The number of rotatable bonds is 10. The Morgan fingerprint density at radius 3 is 2.41 bits per heavy atom. The minimum Gasteiger partial charge on any atom is -0.623 e. The normalized spacial score (nSPS) is 36.8. The van der Waals surface area contributed by atoms with Gasteiger partial charge in [-0.25, -0.2) is 9.80 Å². The highest BCUT2D eigenvalue weighted by atomic mass is 35.5. The van der Waals surface area contributed by atoms with Crippen LogP contribution in [0.4, 0.5) is 4.79 Å². The first kappa shape index (κ1) is 46.8. The molecule has 0 unspecified atom stereocenters. The molecule has 4 aliphatic heterocycles. The van der Waals surface area contributed by atoms with E-state index in [9.17, 15) is 24.7 Å². The number of ketones is 1. The third-order valence-electron chi connectivity index (χ3n) is 13.3. The molecule has 0 spiro atoms. The van der Waals surface area contributed by atoms with Gasteiger partial charge in [0.1, 0.15) is 24.2 Å². The maximum Gasteiger partial charge on any atom is 0.425 e. The van der Waals surface area contributed by atoms with E-state index in [1.165, 1.54) is 19.0 Å². The van der Waals surface area contributed by atoms with Gasteiger partial charge in [0, 0.05) is 48.5 Å². The molecule has 0 radical (unpaired) electrons. The molecule has 0 aliphatic carbocycles. The lowest BCUT2D eigenvalue weighted by Crippen LogP contribution is -2.61. The standard InChI is InChI=1S/C43H63ClN6O11/c1-12-31-43(8)36-25(4)33(49(55)22-48(50(36)41(54)60-43)19-13-14-32-45-38(46-61-32)28-15-17-29(44)18-16-28)23(2)21-42(7,56-11)37(26(5)34(51)27(6)39(53)58-31)59-40-35(52)30(47(9)10)20-24(3)57-40/h15-18,23-27,30-31,35-37,40,52H,12-14,19-22H2,1-11H3/t23-,24-,25-,26+,27-,30+,31+,35-,36-,37-,40+,42+,43-/m1/s1. The van der Waals surface area contributed by atoms with Crippen molar-refractivity contribution in [3.8, 4) is 11.4 Å². The Kier molecular flexibility index (Phi) is 14.2. The smallest absolute Gasteiger partial charge is 0.425 e. The number of benzene rings is 1. The summed E-state index contributed by atoms with van der Waals surface area (Å²) >= 11 is 6.05. The topological polar surface area (TPSA) is 192 Å². The van der Waals surface area contributed by atoms with Crippen molar-refractivity contribution < 1.29 is 52.4 Å². The Labute approximate surface area is 363 Å². The van der Waals surface area contributed by atoms with Crippen LogP contribution < -0.4 is 0 Å². The molecule has 17 nitrogen and oxygen atoms in total. The molecule has 2 bridgehead atoms. The number of Topliss-reactive ketones (excluding diaryl/α,β-unsaturated/α-hetero) is 1. The second kappa shape index (κ2) is 18.6. The molecule has 1 amide bonds. The number of hydrazine groups is 1. The first-order chi connectivity index (χ1) is 28.7. The number of aromatic nitrogens is 2. The summed E-state index contributed by atoms with van der Waals surface area (Å²) in [5.41, 5.74) is -1.50. The summed E-state index contributed by atoms with van der Waals surface area (Å²) in [5, 5.41) is 34.1. The molecule has 338 valence electrons. The fourth-order valence-corrected chi connectivity index (χ4v) is 10.2. The minimum absolute atomic E-state index is 0.182. The number of esters is 1. The zero-order valence-electron chi connectivity index (χ0n) is 37.2. The van der Waals surface area contributed by atoms with E-state index in [0.717, 1.165) is 10.3 Å². The highest BCUT2D eigenvalue weighted by Crippen LogP contribution is 2.45. The van der Waals surface area contributed by atoms with Crippen LogP contribution in [-0.2, 0) is 39.7 Å². The van der Waals surface area contributed by atoms with Crippen molar-refractivity contribution >= 4 is 35.2 Å². The van der Waals surface area contributed by atoms with E-state index in [0.29, 0.717) is 41.7 Å². The number of likely N-dealkylation sites (N-methyl/N-ethyl adjacent to an activating group) is 1. The number of aliphatic hydroxyl groups excluding tert-OH is 1. The lowest BCUT2D eigenvalue weighted by molar-refractivity contribution is -0.494. The summed E-state index contributed by atoms with van der Waals surface area (Å²) in [5.74, 6) is -3.80. The molecule has 1 aromatic heterocycles. The highest BCUT2D eigenvalue weighted by Gasteiger charge is 2.64. The van der Waals surface area contributed by atoms with E-state index in [1.807, 2.05) is 46.7 Å². The van der Waals surface area contributed by atoms with Gasteiger partial charge in [0.15, 0.2) is 23.4 Å². The van der Waals surface area contributed by atoms with Crippen LogP contribution in [0.3, 0.4) is 0 Å². The number of aliphatic hydroxyl groups is 1. The van der Waals surface area contributed by atoms with E-state index in [2.05, 4.69) is 10.1 Å². The maximum atomic E-state index is 14.7. The predicted molar refractivity (Wildman–Crippen MR) is 223 cm³/mol. The number of nitrogens with zero attached hydrogens (tertiary/aromatic N) is 6. The van der Waals surface area contributed by atoms with Crippen LogP contribution in [0.2, 0.25) is 5.02 Å². The molecule has 18 heteroatoms. The zero-order chi connectivity index (χ0) is 44.7. The molecule has 6 rings (SSSR count). The number of cyclic esters (lactones) is 1. The molecule has 61 heavy (non-hydrogen) atoms. The number of hydrogen-bond acceptors (Lipinski definition) is 15.